The third-order valence-corrected chi connectivity index (χ3v) is 8.17. The molecule has 0 radical (unpaired) electrons. The lowest BCUT2D eigenvalue weighted by molar-refractivity contribution is 0.0919. The number of piperidine rings is 1. The predicted molar refractivity (Wildman–Crippen MR) is 106 cm³/mol. The Balaban J connectivity index is 1.34. The first kappa shape index (κ1) is 17.7. The van der Waals surface area contributed by atoms with Crippen LogP contribution in [0.15, 0.2) is 53.4 Å². The van der Waals surface area contributed by atoms with Gasteiger partial charge in [0, 0.05) is 24.2 Å². The highest BCUT2D eigenvalue weighted by Crippen LogP contribution is 2.41. The number of aromatic nitrogens is 2. The first-order chi connectivity index (χ1) is 13.5. The van der Waals surface area contributed by atoms with Crippen LogP contribution in [0.25, 0.3) is 11.0 Å². The summed E-state index contributed by atoms with van der Waals surface area (Å²) in [4.78, 5) is 12.7. The van der Waals surface area contributed by atoms with Gasteiger partial charge in [-0.1, -0.05) is 24.3 Å². The number of sulfonamides is 1. The van der Waals surface area contributed by atoms with Crippen LogP contribution in [0, 0.1) is 5.92 Å². The largest absolute Gasteiger partial charge is 0.349 e. The van der Waals surface area contributed by atoms with Crippen LogP contribution in [-0.4, -0.2) is 46.0 Å². The van der Waals surface area contributed by atoms with Gasteiger partial charge < -0.3 is 5.32 Å². The van der Waals surface area contributed by atoms with Gasteiger partial charge >= 0.3 is 0 Å². The van der Waals surface area contributed by atoms with Crippen LogP contribution in [0.2, 0.25) is 0 Å². The predicted octanol–water partition coefficient (Wildman–Crippen LogP) is 2.27. The average Bonchev–Trinajstić information content (AvgIpc) is 3.43. The second-order valence-corrected chi connectivity index (χ2v) is 9.68. The van der Waals surface area contributed by atoms with Crippen LogP contribution in [0.1, 0.15) is 23.2 Å². The van der Waals surface area contributed by atoms with E-state index in [4.69, 9.17) is 0 Å². The Morgan fingerprint density at radius 3 is 2.64 bits per heavy atom. The molecular weight excluding hydrogens is 396 g/mol. The minimum atomic E-state index is -3.65. The molecule has 1 saturated carbocycles. The molecule has 2 fully saturated rings. The maximum Gasteiger partial charge on any atom is 0.251 e. The molecule has 7 nitrogen and oxygen atoms in total. The third kappa shape index (κ3) is 2.81. The Morgan fingerprint density at radius 2 is 1.89 bits per heavy atom. The standard InChI is InChI=1S/C19H18N4O3S2/c24-19(12-5-2-1-3-6-12)20-16-10-14-9-13(16)11-23(14)28(25,26)17-8-4-7-15-18(17)22-27-21-15/h1-8,13-14,16H,9-11H2,(H,20,24)/t13-,14-,16-/m0/s1. The van der Waals surface area contributed by atoms with Crippen molar-refractivity contribution in [2.75, 3.05) is 6.54 Å². The van der Waals surface area contributed by atoms with Gasteiger partial charge in [0.15, 0.2) is 0 Å². The lowest BCUT2D eigenvalue weighted by Gasteiger charge is -2.31. The van der Waals surface area contributed by atoms with Crippen molar-refractivity contribution in [2.45, 2.75) is 29.8 Å². The number of nitrogens with one attached hydrogen (secondary N) is 1. The van der Waals surface area contributed by atoms with Gasteiger partial charge in [-0.25, -0.2) is 8.42 Å². The second kappa shape index (κ2) is 6.61. The Labute approximate surface area is 166 Å². The summed E-state index contributed by atoms with van der Waals surface area (Å²) in [7, 11) is -3.65. The Hall–Kier alpha value is -2.36. The fourth-order valence-corrected chi connectivity index (χ4v) is 6.80. The van der Waals surface area contributed by atoms with Crippen molar-refractivity contribution < 1.29 is 13.2 Å². The third-order valence-electron chi connectivity index (χ3n) is 5.68. The normalized spacial score (nSPS) is 24.6. The number of nitrogens with zero attached hydrogens (tertiary/aromatic N) is 3. The van der Waals surface area contributed by atoms with E-state index in [0.717, 1.165) is 18.1 Å². The van der Waals surface area contributed by atoms with E-state index in [1.54, 1.807) is 34.6 Å². The summed E-state index contributed by atoms with van der Waals surface area (Å²) in [5.74, 6) is 0.0195. The maximum atomic E-state index is 13.3. The van der Waals surface area contributed by atoms with Crippen molar-refractivity contribution in [3.63, 3.8) is 0 Å². The summed E-state index contributed by atoms with van der Waals surface area (Å²) >= 11 is 1.02. The van der Waals surface area contributed by atoms with Crippen molar-refractivity contribution in [3.05, 3.63) is 54.1 Å². The quantitative estimate of drug-likeness (QED) is 0.707. The molecule has 1 N–H and O–H groups in total. The molecule has 9 heteroatoms. The van der Waals surface area contributed by atoms with Gasteiger partial charge in [-0.2, -0.15) is 13.1 Å². The maximum absolute atomic E-state index is 13.3. The van der Waals surface area contributed by atoms with E-state index in [1.807, 2.05) is 18.2 Å². The molecule has 1 amide bonds. The first-order valence-electron chi connectivity index (χ1n) is 9.13. The molecule has 2 heterocycles. The lowest BCUT2D eigenvalue weighted by atomic mass is 10.0. The zero-order valence-electron chi connectivity index (χ0n) is 14.9. The fraction of sp³-hybridized carbons (Fsp3) is 0.316. The molecule has 28 heavy (non-hydrogen) atoms. The molecule has 144 valence electrons. The molecule has 2 aliphatic rings. The van der Waals surface area contributed by atoms with E-state index in [1.165, 1.54) is 0 Å². The van der Waals surface area contributed by atoms with Gasteiger partial charge in [-0.15, -0.1) is 0 Å². The van der Waals surface area contributed by atoms with Crippen molar-refractivity contribution in [1.82, 2.24) is 18.4 Å². The summed E-state index contributed by atoms with van der Waals surface area (Å²) in [5, 5.41) is 3.08. The monoisotopic (exact) mass is 414 g/mol. The number of carbonyl (C=O) groups is 1. The van der Waals surface area contributed by atoms with Crippen LogP contribution < -0.4 is 5.32 Å². The van der Waals surface area contributed by atoms with E-state index >= 15 is 0 Å². The number of fused-ring (bicyclic) bond motifs is 3. The minimum absolute atomic E-state index is 0.000822. The number of carbonyl (C=O) groups excluding carboxylic acids is 1. The van der Waals surface area contributed by atoms with Gasteiger partial charge in [-0.3, -0.25) is 4.79 Å². The van der Waals surface area contributed by atoms with Crippen molar-refractivity contribution in [3.8, 4) is 0 Å². The van der Waals surface area contributed by atoms with E-state index in [9.17, 15) is 13.2 Å². The topological polar surface area (TPSA) is 92.3 Å². The molecule has 1 aliphatic carbocycles. The van der Waals surface area contributed by atoms with Gasteiger partial charge in [0.25, 0.3) is 5.91 Å². The van der Waals surface area contributed by atoms with E-state index in [-0.39, 0.29) is 28.8 Å². The van der Waals surface area contributed by atoms with Crippen molar-refractivity contribution in [1.29, 1.82) is 0 Å². The molecule has 3 atom stereocenters. The highest BCUT2D eigenvalue weighted by molar-refractivity contribution is 7.89. The SMILES string of the molecule is O=C(N[C@H]1C[C@@H]2C[C@H]1CN2S(=O)(=O)c1cccc2nsnc12)c1ccccc1. The zero-order valence-corrected chi connectivity index (χ0v) is 16.5. The van der Waals surface area contributed by atoms with E-state index in [0.29, 0.717) is 29.6 Å². The zero-order chi connectivity index (χ0) is 19.3. The lowest BCUT2D eigenvalue weighted by Crippen LogP contribution is -2.47. The summed E-state index contributed by atoms with van der Waals surface area (Å²) in [6.45, 7) is 0.417. The minimum Gasteiger partial charge on any atom is -0.349 e. The molecule has 3 aromatic rings. The van der Waals surface area contributed by atoms with Gasteiger partial charge in [0.1, 0.15) is 15.9 Å². The van der Waals surface area contributed by atoms with Crippen molar-refractivity contribution in [2.24, 2.45) is 5.92 Å². The number of amides is 1. The molecule has 1 saturated heterocycles. The summed E-state index contributed by atoms with van der Waals surface area (Å²) in [6, 6.07) is 14.1. The van der Waals surface area contributed by atoms with Gasteiger partial charge in [0.05, 0.1) is 11.7 Å². The first-order valence-corrected chi connectivity index (χ1v) is 11.3. The Kier molecular flexibility index (Phi) is 4.18. The summed E-state index contributed by atoms with van der Waals surface area (Å²) < 4.78 is 36.4. The highest BCUT2D eigenvalue weighted by atomic mass is 32.2. The molecule has 2 aromatic carbocycles. The van der Waals surface area contributed by atoms with E-state index in [2.05, 4.69) is 14.1 Å². The number of rotatable bonds is 4. The van der Waals surface area contributed by atoms with E-state index < -0.39 is 10.0 Å². The molecule has 2 bridgehead atoms. The molecule has 1 aliphatic heterocycles. The van der Waals surface area contributed by atoms with Crippen LogP contribution in [-0.2, 0) is 10.0 Å². The van der Waals surface area contributed by atoms with Gasteiger partial charge in [0.2, 0.25) is 10.0 Å². The van der Waals surface area contributed by atoms with Crippen LogP contribution in [0.3, 0.4) is 0 Å². The number of hydrogen-bond donors (Lipinski definition) is 1. The second-order valence-electron chi connectivity index (χ2n) is 7.29. The Morgan fingerprint density at radius 1 is 1.07 bits per heavy atom. The molecule has 1 aromatic heterocycles. The van der Waals surface area contributed by atoms with Crippen LogP contribution in [0.4, 0.5) is 0 Å². The smallest absolute Gasteiger partial charge is 0.251 e. The average molecular weight is 415 g/mol. The van der Waals surface area contributed by atoms with Gasteiger partial charge in [-0.05, 0) is 43.0 Å². The molecule has 0 unspecified atom stereocenters. The summed E-state index contributed by atoms with van der Waals surface area (Å²) in [5.41, 5.74) is 1.66. The van der Waals surface area contributed by atoms with Crippen molar-refractivity contribution >= 4 is 38.7 Å². The van der Waals surface area contributed by atoms with Crippen LogP contribution in [0.5, 0.6) is 0 Å². The molecule has 5 rings (SSSR count). The molecular formula is C19H18N4O3S2. The highest BCUT2D eigenvalue weighted by Gasteiger charge is 2.50. The fourth-order valence-electron chi connectivity index (χ4n) is 4.34. The number of benzene rings is 2. The van der Waals surface area contributed by atoms with Crippen LogP contribution >= 0.6 is 11.7 Å². The Bertz CT molecular complexity index is 1150. The summed E-state index contributed by atoms with van der Waals surface area (Å²) in [6.07, 6.45) is 1.40. The number of hydrogen-bond acceptors (Lipinski definition) is 6. The molecule has 0 spiro atoms.